The molecule has 0 radical (unpaired) electrons. The highest BCUT2D eigenvalue weighted by molar-refractivity contribution is 6.42. The fraction of sp³-hybridized carbons (Fsp3) is 0.500. The van der Waals surface area contributed by atoms with Crippen molar-refractivity contribution in [1.82, 2.24) is 10.2 Å². The van der Waals surface area contributed by atoms with Gasteiger partial charge in [0.25, 0.3) is 0 Å². The molecule has 1 saturated heterocycles. The molecule has 20 heavy (non-hydrogen) atoms. The Labute approximate surface area is 129 Å². The van der Waals surface area contributed by atoms with Crippen molar-refractivity contribution in [3.05, 3.63) is 33.8 Å². The fourth-order valence-electron chi connectivity index (χ4n) is 2.11. The number of hydrogen-bond donors (Lipinski definition) is 1. The first-order valence-electron chi connectivity index (χ1n) is 6.60. The van der Waals surface area contributed by atoms with Crippen LogP contribution >= 0.6 is 23.2 Å². The molecule has 0 aliphatic carbocycles. The van der Waals surface area contributed by atoms with Gasteiger partial charge < -0.3 is 10.1 Å². The minimum Gasteiger partial charge on any atom is -0.379 e. The van der Waals surface area contributed by atoms with Crippen LogP contribution in [0.2, 0.25) is 10.0 Å². The third kappa shape index (κ3) is 4.35. The van der Waals surface area contributed by atoms with Gasteiger partial charge >= 0.3 is 0 Å². The Bertz CT molecular complexity index is 476. The van der Waals surface area contributed by atoms with E-state index in [9.17, 15) is 4.79 Å². The fourth-order valence-corrected chi connectivity index (χ4v) is 2.42. The second-order valence-corrected chi connectivity index (χ2v) is 5.67. The van der Waals surface area contributed by atoms with Crippen molar-refractivity contribution in [2.24, 2.45) is 0 Å². The third-order valence-corrected chi connectivity index (χ3v) is 4.03. The van der Waals surface area contributed by atoms with E-state index in [1.54, 1.807) is 12.1 Å². The lowest BCUT2D eigenvalue weighted by Crippen LogP contribution is -2.43. The van der Waals surface area contributed by atoms with Crippen molar-refractivity contribution in [3.8, 4) is 0 Å². The molecule has 0 unspecified atom stereocenters. The van der Waals surface area contributed by atoms with Gasteiger partial charge in [-0.3, -0.25) is 9.69 Å². The maximum atomic E-state index is 12.0. The number of carbonyl (C=O) groups excluding carboxylic acids is 1. The number of hydrogen-bond acceptors (Lipinski definition) is 3. The van der Waals surface area contributed by atoms with E-state index in [0.29, 0.717) is 29.8 Å². The van der Waals surface area contributed by atoms with E-state index in [1.807, 2.05) is 13.0 Å². The van der Waals surface area contributed by atoms with Crippen LogP contribution in [0.1, 0.15) is 18.5 Å². The lowest BCUT2D eigenvalue weighted by Gasteiger charge is -2.26. The predicted octanol–water partition coefficient (Wildman–Crippen LogP) is 2.50. The van der Waals surface area contributed by atoms with E-state index in [4.69, 9.17) is 27.9 Å². The molecule has 110 valence electrons. The molecular formula is C14H18Cl2N2O2. The summed E-state index contributed by atoms with van der Waals surface area (Å²) in [5, 5.41) is 3.98. The number of carbonyl (C=O) groups is 1. The van der Waals surface area contributed by atoms with Crippen molar-refractivity contribution < 1.29 is 9.53 Å². The van der Waals surface area contributed by atoms with Crippen LogP contribution in [-0.4, -0.2) is 43.7 Å². The first-order chi connectivity index (χ1) is 9.56. The van der Waals surface area contributed by atoms with Gasteiger partial charge in [0.15, 0.2) is 0 Å². The summed E-state index contributed by atoms with van der Waals surface area (Å²) in [7, 11) is 0. The molecule has 1 aliphatic heterocycles. The molecule has 6 heteroatoms. The largest absolute Gasteiger partial charge is 0.379 e. The maximum absolute atomic E-state index is 12.0. The summed E-state index contributed by atoms with van der Waals surface area (Å²) in [6.07, 6.45) is 0. The Morgan fingerprint density at radius 2 is 2.05 bits per heavy atom. The van der Waals surface area contributed by atoms with Gasteiger partial charge in [-0.1, -0.05) is 29.3 Å². The minimum absolute atomic E-state index is 0.00507. The maximum Gasteiger partial charge on any atom is 0.234 e. The molecule has 4 nitrogen and oxygen atoms in total. The number of ether oxygens (including phenoxy) is 1. The number of benzene rings is 1. The second kappa shape index (κ2) is 7.27. The van der Waals surface area contributed by atoms with Crippen molar-refractivity contribution in [3.63, 3.8) is 0 Å². The zero-order chi connectivity index (χ0) is 14.5. The summed E-state index contributed by atoms with van der Waals surface area (Å²) in [5.41, 5.74) is 0.940. The van der Waals surface area contributed by atoms with Gasteiger partial charge in [0.05, 0.1) is 35.8 Å². The summed E-state index contributed by atoms with van der Waals surface area (Å²) in [4.78, 5) is 14.1. The Morgan fingerprint density at radius 3 is 2.70 bits per heavy atom. The first kappa shape index (κ1) is 15.6. The van der Waals surface area contributed by atoms with Crippen LogP contribution < -0.4 is 5.32 Å². The highest BCUT2D eigenvalue weighted by atomic mass is 35.5. The van der Waals surface area contributed by atoms with Crippen LogP contribution in [-0.2, 0) is 9.53 Å². The van der Waals surface area contributed by atoms with E-state index in [-0.39, 0.29) is 11.9 Å². The molecule has 1 atom stereocenters. The number of amides is 1. The SMILES string of the molecule is C[C@H](NC(=O)CN1CCOCC1)c1ccc(Cl)c(Cl)c1. The van der Waals surface area contributed by atoms with Gasteiger partial charge in [-0.25, -0.2) is 0 Å². The number of nitrogens with one attached hydrogen (secondary N) is 1. The summed E-state index contributed by atoms with van der Waals surface area (Å²) >= 11 is 11.9. The Kier molecular flexibility index (Phi) is 5.66. The zero-order valence-corrected chi connectivity index (χ0v) is 12.9. The van der Waals surface area contributed by atoms with E-state index in [0.717, 1.165) is 18.7 Å². The van der Waals surface area contributed by atoms with E-state index in [1.165, 1.54) is 0 Å². The molecule has 1 aromatic rings. The first-order valence-corrected chi connectivity index (χ1v) is 7.36. The van der Waals surface area contributed by atoms with E-state index < -0.39 is 0 Å². The number of morpholine rings is 1. The van der Waals surface area contributed by atoms with Gasteiger partial charge in [-0.2, -0.15) is 0 Å². The Morgan fingerprint density at radius 1 is 1.35 bits per heavy atom. The molecule has 1 aliphatic rings. The van der Waals surface area contributed by atoms with Crippen LogP contribution in [0.5, 0.6) is 0 Å². The summed E-state index contributed by atoms with van der Waals surface area (Å²) in [6.45, 7) is 5.31. The molecule has 0 aromatic heterocycles. The Balaban J connectivity index is 1.87. The molecule has 1 heterocycles. The van der Waals surface area contributed by atoms with Crippen molar-refractivity contribution in [2.75, 3.05) is 32.8 Å². The van der Waals surface area contributed by atoms with Crippen molar-refractivity contribution in [2.45, 2.75) is 13.0 Å². The average Bonchev–Trinajstić information content (AvgIpc) is 2.42. The molecule has 0 bridgehead atoms. The van der Waals surface area contributed by atoms with Crippen molar-refractivity contribution in [1.29, 1.82) is 0 Å². The lowest BCUT2D eigenvalue weighted by molar-refractivity contribution is -0.123. The second-order valence-electron chi connectivity index (χ2n) is 4.85. The van der Waals surface area contributed by atoms with Crippen molar-refractivity contribution >= 4 is 29.1 Å². The number of rotatable bonds is 4. The van der Waals surface area contributed by atoms with Gasteiger partial charge in [-0.15, -0.1) is 0 Å². The monoisotopic (exact) mass is 316 g/mol. The summed E-state index contributed by atoms with van der Waals surface area (Å²) in [6, 6.07) is 5.29. The molecular weight excluding hydrogens is 299 g/mol. The molecule has 1 N–H and O–H groups in total. The molecule has 2 rings (SSSR count). The smallest absolute Gasteiger partial charge is 0.234 e. The normalized spacial score (nSPS) is 17.8. The molecule has 0 spiro atoms. The minimum atomic E-state index is -0.0988. The van der Waals surface area contributed by atoms with E-state index >= 15 is 0 Å². The average molecular weight is 317 g/mol. The highest BCUT2D eigenvalue weighted by Gasteiger charge is 2.16. The zero-order valence-electron chi connectivity index (χ0n) is 11.4. The van der Waals surface area contributed by atoms with Gasteiger partial charge in [0.1, 0.15) is 0 Å². The third-order valence-electron chi connectivity index (χ3n) is 3.29. The quantitative estimate of drug-likeness (QED) is 0.928. The van der Waals surface area contributed by atoms with Gasteiger partial charge in [-0.05, 0) is 24.6 Å². The molecule has 1 aromatic carbocycles. The summed E-state index contributed by atoms with van der Waals surface area (Å²) < 4.78 is 5.26. The molecule has 0 saturated carbocycles. The standard InChI is InChI=1S/C14H18Cl2N2O2/c1-10(11-2-3-12(15)13(16)8-11)17-14(19)9-18-4-6-20-7-5-18/h2-3,8,10H,4-7,9H2,1H3,(H,17,19)/t10-/m0/s1. The molecule has 1 amide bonds. The van der Waals surface area contributed by atoms with Gasteiger partial charge in [0.2, 0.25) is 5.91 Å². The predicted molar refractivity (Wildman–Crippen MR) is 80.3 cm³/mol. The molecule has 1 fully saturated rings. The van der Waals surface area contributed by atoms with E-state index in [2.05, 4.69) is 10.2 Å². The van der Waals surface area contributed by atoms with Crippen LogP contribution in [0.3, 0.4) is 0 Å². The lowest BCUT2D eigenvalue weighted by atomic mass is 10.1. The van der Waals surface area contributed by atoms with Crippen LogP contribution in [0.15, 0.2) is 18.2 Å². The van der Waals surface area contributed by atoms with Gasteiger partial charge in [0, 0.05) is 13.1 Å². The highest BCUT2D eigenvalue weighted by Crippen LogP contribution is 2.25. The number of halogens is 2. The number of nitrogens with zero attached hydrogens (tertiary/aromatic N) is 1. The Hall–Kier alpha value is -0.810. The topological polar surface area (TPSA) is 41.6 Å². The van der Waals surface area contributed by atoms with Crippen LogP contribution in [0.4, 0.5) is 0 Å². The van der Waals surface area contributed by atoms with Crippen LogP contribution in [0.25, 0.3) is 0 Å². The van der Waals surface area contributed by atoms with Crippen LogP contribution in [0, 0.1) is 0 Å². The summed E-state index contributed by atoms with van der Waals surface area (Å²) in [5.74, 6) is 0.00507.